The van der Waals surface area contributed by atoms with Crippen molar-refractivity contribution < 1.29 is 8.92 Å². The normalized spacial score (nSPS) is 10.5. The van der Waals surface area contributed by atoms with Crippen molar-refractivity contribution in [3.8, 4) is 0 Å². The van der Waals surface area contributed by atoms with Crippen LogP contribution in [-0.4, -0.2) is 32.9 Å². The molecular weight excluding hydrogens is 349 g/mol. The lowest BCUT2D eigenvalue weighted by Crippen LogP contribution is -2.27. The minimum absolute atomic E-state index is 0.644. The fourth-order valence-electron chi connectivity index (χ4n) is 1.51. The van der Waals surface area contributed by atoms with Crippen LogP contribution in [0.5, 0.6) is 0 Å². The van der Waals surface area contributed by atoms with Crippen LogP contribution < -0.4 is 4.90 Å². The Kier molecular flexibility index (Phi) is 8.86. The minimum atomic E-state index is 0.644. The molecule has 0 bridgehead atoms. The Balaban J connectivity index is 2.20. The number of nitrogens with zero attached hydrogens (tertiary/aromatic N) is 1. The van der Waals surface area contributed by atoms with Gasteiger partial charge in [0.2, 0.25) is 0 Å². The monoisotopic (exact) mass is 367 g/mol. The van der Waals surface area contributed by atoms with Gasteiger partial charge in [0.25, 0.3) is 0 Å². The molecule has 0 aliphatic heterocycles. The predicted octanol–water partition coefficient (Wildman–Crippen LogP) is 3.54. The van der Waals surface area contributed by atoms with E-state index in [0.29, 0.717) is 13.2 Å². The molecule has 1 aromatic carbocycles. The highest BCUT2D eigenvalue weighted by atomic mass is 127. The predicted molar refractivity (Wildman–Crippen MR) is 82.7 cm³/mol. The van der Waals surface area contributed by atoms with Gasteiger partial charge < -0.3 is 13.8 Å². The fraction of sp³-hybridized carbons (Fsp3) is 0.500. The summed E-state index contributed by atoms with van der Waals surface area (Å²) >= 11 is 2.10. The van der Waals surface area contributed by atoms with Crippen LogP contribution in [0.4, 0.5) is 5.69 Å². The molecule has 0 amide bonds. The summed E-state index contributed by atoms with van der Waals surface area (Å²) < 4.78 is 10.6. The first-order chi connectivity index (χ1) is 8.38. The number of anilines is 1. The Morgan fingerprint density at radius 1 is 1.18 bits per heavy atom. The molecule has 0 fully saturated rings. The molecule has 0 aliphatic carbocycles. The standard InChI is InChI=1S/C12H18INO2S/c1-2-14(12-6-4-3-5-7-12)8-9-15-10-11-16-17-13/h3-7H,2,8-11H2,1H3. The highest BCUT2D eigenvalue weighted by molar-refractivity contribution is 14.2. The zero-order chi connectivity index (χ0) is 12.3. The van der Waals surface area contributed by atoms with Gasteiger partial charge in [-0.2, -0.15) is 0 Å². The van der Waals surface area contributed by atoms with E-state index in [2.05, 4.69) is 57.3 Å². The Hall–Kier alpha value is 0.0200. The summed E-state index contributed by atoms with van der Waals surface area (Å²) in [5.74, 6) is 0. The highest BCUT2D eigenvalue weighted by Gasteiger charge is 2.02. The third-order valence-electron chi connectivity index (χ3n) is 2.36. The molecule has 0 radical (unpaired) electrons. The number of benzene rings is 1. The first kappa shape index (κ1) is 15.1. The van der Waals surface area contributed by atoms with E-state index in [9.17, 15) is 0 Å². The zero-order valence-corrected chi connectivity index (χ0v) is 12.9. The van der Waals surface area contributed by atoms with Crippen LogP contribution in [0.1, 0.15) is 6.92 Å². The Morgan fingerprint density at radius 3 is 2.59 bits per heavy atom. The van der Waals surface area contributed by atoms with Crippen LogP contribution in [0.25, 0.3) is 0 Å². The molecule has 17 heavy (non-hydrogen) atoms. The average Bonchev–Trinajstić information content (AvgIpc) is 2.39. The number of likely N-dealkylation sites (N-methyl/N-ethyl adjacent to an activating group) is 1. The van der Waals surface area contributed by atoms with E-state index in [-0.39, 0.29) is 0 Å². The van der Waals surface area contributed by atoms with Gasteiger partial charge >= 0.3 is 0 Å². The van der Waals surface area contributed by atoms with Gasteiger partial charge in [-0.15, -0.1) is 0 Å². The summed E-state index contributed by atoms with van der Waals surface area (Å²) in [7, 11) is 1.35. The second kappa shape index (κ2) is 9.99. The maximum absolute atomic E-state index is 5.51. The van der Waals surface area contributed by atoms with Crippen molar-refractivity contribution in [1.29, 1.82) is 0 Å². The summed E-state index contributed by atoms with van der Waals surface area (Å²) in [6, 6.07) is 10.4. The molecule has 0 N–H and O–H groups in total. The molecule has 1 rings (SSSR count). The number of hydrogen-bond donors (Lipinski definition) is 0. The maximum atomic E-state index is 5.51. The van der Waals surface area contributed by atoms with E-state index in [1.807, 2.05) is 6.07 Å². The van der Waals surface area contributed by atoms with Crippen LogP contribution in [0.3, 0.4) is 0 Å². The molecule has 5 heteroatoms. The molecule has 0 aliphatic rings. The van der Waals surface area contributed by atoms with Crippen LogP contribution in [0, 0.1) is 0 Å². The second-order valence-electron chi connectivity index (χ2n) is 3.41. The molecule has 0 spiro atoms. The van der Waals surface area contributed by atoms with Gasteiger partial charge in [0.05, 0.1) is 29.0 Å². The summed E-state index contributed by atoms with van der Waals surface area (Å²) in [6.45, 7) is 6.10. The number of halogens is 1. The largest absolute Gasteiger partial charge is 0.377 e. The van der Waals surface area contributed by atoms with Crippen LogP contribution in [0.2, 0.25) is 0 Å². The van der Waals surface area contributed by atoms with E-state index in [4.69, 9.17) is 8.92 Å². The highest BCUT2D eigenvalue weighted by Crippen LogP contribution is 2.12. The maximum Gasteiger partial charge on any atom is 0.0857 e. The van der Waals surface area contributed by atoms with Crippen molar-refractivity contribution in [2.75, 3.05) is 37.8 Å². The van der Waals surface area contributed by atoms with Crippen LogP contribution in [-0.2, 0) is 8.92 Å². The molecule has 0 unspecified atom stereocenters. The molecule has 96 valence electrons. The Morgan fingerprint density at radius 2 is 1.94 bits per heavy atom. The second-order valence-corrected chi connectivity index (χ2v) is 4.85. The number of para-hydroxylation sites is 1. The summed E-state index contributed by atoms with van der Waals surface area (Å²) in [5, 5.41) is 0. The molecule has 0 saturated carbocycles. The van der Waals surface area contributed by atoms with Crippen molar-refractivity contribution in [3.05, 3.63) is 30.3 Å². The molecule has 0 atom stereocenters. The number of ether oxygens (including phenoxy) is 1. The molecule has 3 nitrogen and oxygen atoms in total. The van der Waals surface area contributed by atoms with Crippen LogP contribution >= 0.6 is 30.4 Å². The molecule has 0 heterocycles. The summed E-state index contributed by atoms with van der Waals surface area (Å²) in [6.07, 6.45) is 0. The SMILES string of the molecule is CCN(CCOCCOSI)c1ccccc1. The van der Waals surface area contributed by atoms with E-state index in [1.165, 1.54) is 14.9 Å². The van der Waals surface area contributed by atoms with Gasteiger partial charge in [0.15, 0.2) is 0 Å². The number of rotatable bonds is 9. The minimum Gasteiger partial charge on any atom is -0.377 e. The number of hydrogen-bond acceptors (Lipinski definition) is 4. The van der Waals surface area contributed by atoms with E-state index in [1.54, 1.807) is 0 Å². The average molecular weight is 367 g/mol. The van der Waals surface area contributed by atoms with E-state index < -0.39 is 0 Å². The smallest absolute Gasteiger partial charge is 0.0857 e. The van der Waals surface area contributed by atoms with Gasteiger partial charge in [-0.3, -0.25) is 0 Å². The van der Waals surface area contributed by atoms with Crippen molar-refractivity contribution in [2.24, 2.45) is 0 Å². The van der Waals surface area contributed by atoms with Crippen molar-refractivity contribution >= 4 is 36.1 Å². The van der Waals surface area contributed by atoms with Gasteiger partial charge in [-0.1, -0.05) is 18.2 Å². The lowest BCUT2D eigenvalue weighted by molar-refractivity contribution is 0.113. The third-order valence-corrected chi connectivity index (χ3v) is 3.38. The molecular formula is C12H18INO2S. The fourth-order valence-corrected chi connectivity index (χ4v) is 2.18. The van der Waals surface area contributed by atoms with Gasteiger partial charge in [-0.25, -0.2) is 0 Å². The first-order valence-electron chi connectivity index (χ1n) is 5.66. The molecule has 1 aromatic rings. The lowest BCUT2D eigenvalue weighted by atomic mass is 10.3. The molecule has 0 saturated heterocycles. The third kappa shape index (κ3) is 6.49. The van der Waals surface area contributed by atoms with Gasteiger partial charge in [0.1, 0.15) is 0 Å². The summed E-state index contributed by atoms with van der Waals surface area (Å²) in [5.41, 5.74) is 1.25. The van der Waals surface area contributed by atoms with Gasteiger partial charge in [-0.05, 0) is 19.1 Å². The van der Waals surface area contributed by atoms with Crippen LogP contribution in [0.15, 0.2) is 30.3 Å². The first-order valence-corrected chi connectivity index (χ1v) is 8.95. The zero-order valence-electron chi connectivity index (χ0n) is 9.97. The Bertz CT molecular complexity index is 287. The Labute approximate surface area is 120 Å². The lowest BCUT2D eigenvalue weighted by Gasteiger charge is -2.22. The van der Waals surface area contributed by atoms with E-state index in [0.717, 1.165) is 19.7 Å². The van der Waals surface area contributed by atoms with Crippen molar-refractivity contribution in [2.45, 2.75) is 6.92 Å². The topological polar surface area (TPSA) is 21.7 Å². The molecule has 0 aromatic heterocycles. The van der Waals surface area contributed by atoms with E-state index >= 15 is 0 Å². The van der Waals surface area contributed by atoms with Crippen molar-refractivity contribution in [1.82, 2.24) is 0 Å². The summed E-state index contributed by atoms with van der Waals surface area (Å²) in [4.78, 5) is 2.30. The van der Waals surface area contributed by atoms with Crippen molar-refractivity contribution in [3.63, 3.8) is 0 Å². The van der Waals surface area contributed by atoms with Gasteiger partial charge in [0, 0.05) is 40.0 Å². The quantitative estimate of drug-likeness (QED) is 0.378.